The first-order valence-electron chi connectivity index (χ1n) is 11.7. The highest BCUT2D eigenvalue weighted by atomic mass is 35.5. The maximum atomic E-state index is 14.0. The minimum atomic E-state index is -4.76. The van der Waals surface area contributed by atoms with E-state index in [4.69, 9.17) is 11.6 Å². The second-order valence-corrected chi connectivity index (χ2v) is 9.51. The molecule has 4 aromatic rings. The van der Waals surface area contributed by atoms with Crippen molar-refractivity contribution in [2.75, 3.05) is 0 Å². The summed E-state index contributed by atoms with van der Waals surface area (Å²) in [6.07, 6.45) is 2.94. The molecule has 3 aromatic heterocycles. The number of halogens is 4. The number of fused-ring (bicyclic) bond motifs is 1. The molecular formula is C26H22ClF3N6O2. The molecule has 8 nitrogen and oxygen atoms in total. The first-order valence-corrected chi connectivity index (χ1v) is 12.1. The maximum Gasteiger partial charge on any atom is 0.413 e. The normalized spacial score (nSPS) is 15.7. The maximum absolute atomic E-state index is 14.0. The zero-order valence-electron chi connectivity index (χ0n) is 19.8. The van der Waals surface area contributed by atoms with Crippen LogP contribution in [0.25, 0.3) is 6.08 Å². The fraction of sp³-hybridized carbons (Fsp3) is 0.231. The summed E-state index contributed by atoms with van der Waals surface area (Å²) in [6, 6.07) is 10.0. The molecule has 2 atom stereocenters. The van der Waals surface area contributed by atoms with Crippen LogP contribution in [0.2, 0.25) is 0 Å². The molecule has 1 aromatic carbocycles. The molecule has 1 aliphatic rings. The number of nitrogens with one attached hydrogen (secondary N) is 2. The average Bonchev–Trinajstić information content (AvgIpc) is 3.51. The van der Waals surface area contributed by atoms with Crippen molar-refractivity contribution in [2.45, 2.75) is 37.1 Å². The van der Waals surface area contributed by atoms with Gasteiger partial charge in [0.25, 0.3) is 11.5 Å². The van der Waals surface area contributed by atoms with Crippen molar-refractivity contribution in [3.8, 4) is 0 Å². The predicted octanol–water partition coefficient (Wildman–Crippen LogP) is 4.07. The third-order valence-corrected chi connectivity index (χ3v) is 6.49. The van der Waals surface area contributed by atoms with Gasteiger partial charge in [-0.25, -0.2) is 0 Å². The Kier molecular flexibility index (Phi) is 6.94. The number of allylic oxidation sites excluding steroid dienone is 1. The molecule has 1 amide bonds. The molecule has 1 aliphatic carbocycles. The summed E-state index contributed by atoms with van der Waals surface area (Å²) in [6.45, 7) is 0.625. The number of H-pyrrole nitrogens is 1. The van der Waals surface area contributed by atoms with E-state index >= 15 is 0 Å². The van der Waals surface area contributed by atoms with Crippen molar-refractivity contribution >= 4 is 23.6 Å². The summed E-state index contributed by atoms with van der Waals surface area (Å²) in [5.41, 5.74) is 2.30. The van der Waals surface area contributed by atoms with Crippen molar-refractivity contribution in [2.24, 2.45) is 0 Å². The molecule has 0 saturated carbocycles. The Hall–Kier alpha value is -4.12. The lowest BCUT2D eigenvalue weighted by Gasteiger charge is -2.20. The van der Waals surface area contributed by atoms with Crippen LogP contribution in [0.15, 0.2) is 71.9 Å². The minimum Gasteiger partial charge on any atom is -0.335 e. The number of aromatic nitrogens is 5. The van der Waals surface area contributed by atoms with E-state index in [9.17, 15) is 22.8 Å². The Balaban J connectivity index is 1.29. The van der Waals surface area contributed by atoms with Crippen molar-refractivity contribution in [3.63, 3.8) is 0 Å². The van der Waals surface area contributed by atoms with Gasteiger partial charge >= 0.3 is 6.18 Å². The van der Waals surface area contributed by atoms with E-state index in [1.54, 1.807) is 35.0 Å². The highest BCUT2D eigenvalue weighted by Crippen LogP contribution is 2.33. The van der Waals surface area contributed by atoms with Gasteiger partial charge < -0.3 is 9.88 Å². The number of hydrogen-bond acceptors (Lipinski definition) is 4. The molecular weight excluding hydrogens is 521 g/mol. The molecule has 0 radical (unpaired) electrons. The summed E-state index contributed by atoms with van der Waals surface area (Å²) in [7, 11) is 0. The van der Waals surface area contributed by atoms with Gasteiger partial charge in [0.2, 0.25) is 0 Å². The second-order valence-electron chi connectivity index (χ2n) is 8.95. The van der Waals surface area contributed by atoms with Crippen LogP contribution in [0, 0.1) is 0 Å². The van der Waals surface area contributed by atoms with E-state index in [0.717, 1.165) is 17.3 Å². The fourth-order valence-electron chi connectivity index (χ4n) is 4.27. The van der Waals surface area contributed by atoms with Gasteiger partial charge in [0.05, 0.1) is 30.4 Å². The highest BCUT2D eigenvalue weighted by Gasteiger charge is 2.43. The van der Waals surface area contributed by atoms with Crippen LogP contribution in [-0.4, -0.2) is 42.0 Å². The molecule has 38 heavy (non-hydrogen) atoms. The molecule has 2 N–H and O–H groups in total. The Morgan fingerprint density at radius 3 is 2.61 bits per heavy atom. The molecule has 12 heteroatoms. The molecule has 0 saturated heterocycles. The van der Waals surface area contributed by atoms with Crippen molar-refractivity contribution in [1.29, 1.82) is 0 Å². The lowest BCUT2D eigenvalue weighted by atomic mass is 10.0. The smallest absolute Gasteiger partial charge is 0.335 e. The van der Waals surface area contributed by atoms with Gasteiger partial charge in [-0.1, -0.05) is 36.4 Å². The van der Waals surface area contributed by atoms with Crippen molar-refractivity contribution in [3.05, 3.63) is 111 Å². The molecule has 0 aliphatic heterocycles. The van der Waals surface area contributed by atoms with E-state index in [-0.39, 0.29) is 35.2 Å². The Bertz CT molecular complexity index is 1540. The Labute approximate surface area is 219 Å². The van der Waals surface area contributed by atoms with Crippen LogP contribution in [0.4, 0.5) is 13.2 Å². The summed E-state index contributed by atoms with van der Waals surface area (Å²) < 4.78 is 44.8. The SMILES string of the molecule is O=C(NC(c1cnn(Cc2ccc(Cn3ccccc3=O)cc2)c1)C(F)(F)F)c1n[nH]c2c1CC(Cl)C=C2. The summed E-state index contributed by atoms with van der Waals surface area (Å²) in [5.74, 6) is -0.954. The van der Waals surface area contributed by atoms with Gasteiger partial charge in [-0.3, -0.25) is 19.4 Å². The Morgan fingerprint density at radius 1 is 1.16 bits per heavy atom. The van der Waals surface area contributed by atoms with Crippen LogP contribution < -0.4 is 10.9 Å². The van der Waals surface area contributed by atoms with Gasteiger partial charge in [0.15, 0.2) is 11.7 Å². The number of hydrogen-bond donors (Lipinski definition) is 2. The molecule has 196 valence electrons. The number of benzene rings is 1. The second kappa shape index (κ2) is 10.3. The first-order chi connectivity index (χ1) is 18.2. The standard InChI is InChI=1S/C26H22ClF3N6O2/c27-19-8-9-21-20(11-19)23(34-33-21)25(38)32-24(26(28,29)30)18-12-31-36(15-18)14-17-6-4-16(5-7-17)13-35-10-2-1-3-22(35)37/h1-10,12,15,19,24H,11,13-14H2,(H,32,38)(H,33,34). The molecule has 0 spiro atoms. The fourth-order valence-corrected chi connectivity index (χ4v) is 4.50. The summed E-state index contributed by atoms with van der Waals surface area (Å²) in [5, 5.41) is 12.3. The number of nitrogens with zero attached hydrogens (tertiary/aromatic N) is 4. The molecule has 0 fully saturated rings. The number of carbonyl (C=O) groups excluding carboxylic acids is 1. The van der Waals surface area contributed by atoms with Gasteiger partial charge in [-0.2, -0.15) is 23.4 Å². The molecule has 0 bridgehead atoms. The summed E-state index contributed by atoms with van der Waals surface area (Å²) in [4.78, 5) is 24.7. The van der Waals surface area contributed by atoms with E-state index in [0.29, 0.717) is 17.8 Å². The number of alkyl halides is 4. The van der Waals surface area contributed by atoms with Gasteiger partial charge in [-0.15, -0.1) is 11.6 Å². The lowest BCUT2D eigenvalue weighted by Crippen LogP contribution is -2.38. The van der Waals surface area contributed by atoms with Crippen LogP contribution in [0.3, 0.4) is 0 Å². The zero-order chi connectivity index (χ0) is 26.9. The highest BCUT2D eigenvalue weighted by molar-refractivity contribution is 6.22. The van der Waals surface area contributed by atoms with Gasteiger partial charge in [-0.05, 0) is 29.7 Å². The monoisotopic (exact) mass is 542 g/mol. The van der Waals surface area contributed by atoms with Crippen LogP contribution in [0.5, 0.6) is 0 Å². The molecule has 2 unspecified atom stereocenters. The van der Waals surface area contributed by atoms with E-state index < -0.39 is 18.1 Å². The third kappa shape index (κ3) is 5.57. The van der Waals surface area contributed by atoms with Crippen molar-refractivity contribution in [1.82, 2.24) is 29.9 Å². The van der Waals surface area contributed by atoms with Crippen LogP contribution in [0.1, 0.15) is 44.5 Å². The van der Waals surface area contributed by atoms with E-state index in [2.05, 4.69) is 20.6 Å². The quantitative estimate of drug-likeness (QED) is 0.344. The number of amides is 1. The average molecular weight is 543 g/mol. The minimum absolute atomic E-state index is 0.112. The van der Waals surface area contributed by atoms with Crippen LogP contribution >= 0.6 is 11.6 Å². The largest absolute Gasteiger partial charge is 0.413 e. The summed E-state index contributed by atoms with van der Waals surface area (Å²) >= 11 is 6.11. The van der Waals surface area contributed by atoms with E-state index in [1.807, 2.05) is 24.3 Å². The van der Waals surface area contributed by atoms with Gasteiger partial charge in [0.1, 0.15) is 0 Å². The Morgan fingerprint density at radius 2 is 1.89 bits per heavy atom. The first kappa shape index (κ1) is 25.5. The van der Waals surface area contributed by atoms with Crippen LogP contribution in [-0.2, 0) is 19.5 Å². The number of aromatic amines is 1. The number of rotatable bonds is 7. The topological polar surface area (TPSA) is 97.6 Å². The molecule has 5 rings (SSSR count). The third-order valence-electron chi connectivity index (χ3n) is 6.19. The van der Waals surface area contributed by atoms with Crippen molar-refractivity contribution < 1.29 is 18.0 Å². The lowest BCUT2D eigenvalue weighted by molar-refractivity contribution is -0.155. The molecule has 3 heterocycles. The predicted molar refractivity (Wildman–Crippen MR) is 135 cm³/mol. The van der Waals surface area contributed by atoms with E-state index in [1.165, 1.54) is 16.9 Å². The number of carbonyl (C=O) groups is 1. The van der Waals surface area contributed by atoms with Gasteiger partial charge in [0, 0.05) is 29.6 Å². The number of pyridine rings is 1. The zero-order valence-corrected chi connectivity index (χ0v) is 20.6.